The van der Waals surface area contributed by atoms with Crippen LogP contribution in [0.4, 0.5) is 5.82 Å². The van der Waals surface area contributed by atoms with Crippen molar-refractivity contribution in [2.45, 2.75) is 0 Å². The van der Waals surface area contributed by atoms with Crippen molar-refractivity contribution in [2.24, 2.45) is 0 Å². The first-order valence-electron chi connectivity index (χ1n) is 2.06. The van der Waals surface area contributed by atoms with Crippen molar-refractivity contribution in [3.63, 3.8) is 0 Å². The van der Waals surface area contributed by atoms with Gasteiger partial charge in [-0.25, -0.2) is 4.98 Å². The van der Waals surface area contributed by atoms with E-state index in [0.29, 0.717) is 5.82 Å². The normalized spacial score (nSPS) is 7.50. The van der Waals surface area contributed by atoms with Gasteiger partial charge in [0.05, 0.1) is 0 Å². The summed E-state index contributed by atoms with van der Waals surface area (Å²) in [5.74, 6) is 0.572. The first-order chi connectivity index (χ1) is 3.39. The van der Waals surface area contributed by atoms with Crippen molar-refractivity contribution in [1.82, 2.24) is 4.98 Å². The van der Waals surface area contributed by atoms with Gasteiger partial charge in [-0.2, -0.15) is 0 Å². The first-order valence-corrected chi connectivity index (χ1v) is 2.06. The van der Waals surface area contributed by atoms with Crippen LogP contribution in [0.25, 0.3) is 0 Å². The molecule has 2 N–H and O–H groups in total. The molecule has 1 aromatic rings. The average Bonchev–Trinajstić information content (AvgIpc) is 1.69. The Morgan fingerprint density at radius 1 is 1.38 bits per heavy atom. The largest absolute Gasteiger partial charge is 0.384 e. The molecule has 0 bridgehead atoms. The number of anilines is 1. The van der Waals surface area contributed by atoms with Crippen molar-refractivity contribution in [3.8, 4) is 0 Å². The molecule has 0 saturated heterocycles. The predicted molar refractivity (Wildman–Crippen MR) is 28.6 cm³/mol. The van der Waals surface area contributed by atoms with Crippen LogP contribution < -0.4 is 5.73 Å². The molecule has 0 atom stereocenters. The summed E-state index contributed by atoms with van der Waals surface area (Å²) in [6.07, 6.45) is 1.66. The van der Waals surface area contributed by atoms with Gasteiger partial charge in [0.25, 0.3) is 0 Å². The predicted octanol–water partition coefficient (Wildman–Crippen LogP) is 0.661. The number of hydrogen-bond donors (Lipinski definition) is 1. The minimum Gasteiger partial charge on any atom is -0.384 e. The molecule has 1 heterocycles. The fraction of sp³-hybridized carbons (Fsp3) is 0. The molecule has 0 spiro atoms. The van der Waals surface area contributed by atoms with E-state index in [1.54, 1.807) is 12.3 Å². The number of aromatic nitrogens is 1. The second-order valence-corrected chi connectivity index (χ2v) is 1.25. The quantitative estimate of drug-likeness (QED) is 0.713. The summed E-state index contributed by atoms with van der Waals surface area (Å²) in [5.41, 5.74) is 5.25. The van der Waals surface area contributed by atoms with Crippen molar-refractivity contribution in [3.05, 3.63) is 24.4 Å². The number of pyridine rings is 1. The minimum absolute atomic E-state index is 0. The monoisotopic (exact) mass is 291 g/mol. The molecule has 1 radical (unpaired) electrons. The van der Waals surface area contributed by atoms with Crippen LogP contribution in [0.1, 0.15) is 0 Å². The maximum absolute atomic E-state index is 5.25. The molecule has 0 aliphatic rings. The molecule has 0 saturated carbocycles. The molecular formula is C5H6AuN2. The fourth-order valence-corrected chi connectivity index (χ4v) is 0.376. The molecule has 8 heavy (non-hydrogen) atoms. The Morgan fingerprint density at radius 3 is 2.38 bits per heavy atom. The topological polar surface area (TPSA) is 38.9 Å². The fourth-order valence-electron chi connectivity index (χ4n) is 0.376. The summed E-state index contributed by atoms with van der Waals surface area (Å²) in [7, 11) is 0. The van der Waals surface area contributed by atoms with Crippen LogP contribution in [0.2, 0.25) is 0 Å². The third-order valence-electron chi connectivity index (χ3n) is 0.688. The van der Waals surface area contributed by atoms with Gasteiger partial charge in [-0.05, 0) is 12.1 Å². The Morgan fingerprint density at radius 2 is 2.12 bits per heavy atom. The zero-order valence-corrected chi connectivity index (χ0v) is 6.30. The van der Waals surface area contributed by atoms with E-state index in [1.807, 2.05) is 12.1 Å². The molecule has 0 amide bonds. The van der Waals surface area contributed by atoms with Gasteiger partial charge in [0, 0.05) is 28.6 Å². The summed E-state index contributed by atoms with van der Waals surface area (Å²) < 4.78 is 0. The Bertz CT molecular complexity index is 140. The number of nitrogen functional groups attached to an aromatic ring is 1. The smallest absolute Gasteiger partial charge is 0.123 e. The van der Waals surface area contributed by atoms with Gasteiger partial charge < -0.3 is 5.73 Å². The molecule has 1 aromatic heterocycles. The number of nitrogens with zero attached hydrogens (tertiary/aromatic N) is 1. The standard InChI is InChI=1S/C5H6N2.Au/c6-5-3-1-2-4-7-5;/h1-4H,(H2,6,7);. The van der Waals surface area contributed by atoms with Crippen molar-refractivity contribution in [2.75, 3.05) is 5.73 Å². The maximum atomic E-state index is 5.25. The van der Waals surface area contributed by atoms with E-state index in [2.05, 4.69) is 4.98 Å². The van der Waals surface area contributed by atoms with Crippen molar-refractivity contribution >= 4 is 5.82 Å². The molecular weight excluding hydrogens is 285 g/mol. The van der Waals surface area contributed by atoms with Crippen molar-refractivity contribution in [1.29, 1.82) is 0 Å². The third-order valence-corrected chi connectivity index (χ3v) is 0.688. The number of rotatable bonds is 0. The van der Waals surface area contributed by atoms with Crippen molar-refractivity contribution < 1.29 is 22.4 Å². The molecule has 1 rings (SSSR count). The van der Waals surface area contributed by atoms with E-state index in [-0.39, 0.29) is 22.4 Å². The minimum atomic E-state index is 0. The molecule has 0 unspecified atom stereocenters. The van der Waals surface area contributed by atoms with E-state index in [1.165, 1.54) is 0 Å². The van der Waals surface area contributed by atoms with E-state index in [4.69, 9.17) is 5.73 Å². The number of hydrogen-bond acceptors (Lipinski definition) is 2. The van der Waals surface area contributed by atoms with Gasteiger partial charge in [0.1, 0.15) is 5.82 Å². The van der Waals surface area contributed by atoms with E-state index >= 15 is 0 Å². The molecule has 0 aromatic carbocycles. The molecule has 3 heteroatoms. The maximum Gasteiger partial charge on any atom is 0.123 e. The Balaban J connectivity index is 0.000000490. The van der Waals surface area contributed by atoms with Crippen LogP contribution >= 0.6 is 0 Å². The van der Waals surface area contributed by atoms with E-state index < -0.39 is 0 Å². The molecule has 0 aliphatic heterocycles. The van der Waals surface area contributed by atoms with Gasteiger partial charge in [-0.15, -0.1) is 0 Å². The van der Waals surface area contributed by atoms with Crippen LogP contribution in [0, 0.1) is 0 Å². The Labute approximate surface area is 63.6 Å². The zero-order valence-electron chi connectivity index (χ0n) is 4.14. The van der Waals surface area contributed by atoms with Crippen LogP contribution in [0.15, 0.2) is 24.4 Å². The van der Waals surface area contributed by atoms with Gasteiger partial charge in [0.15, 0.2) is 0 Å². The first kappa shape index (κ1) is 7.69. The van der Waals surface area contributed by atoms with Gasteiger partial charge in [0.2, 0.25) is 0 Å². The molecule has 0 aliphatic carbocycles. The van der Waals surface area contributed by atoms with E-state index in [0.717, 1.165) is 0 Å². The zero-order chi connectivity index (χ0) is 5.11. The summed E-state index contributed by atoms with van der Waals surface area (Å²) >= 11 is 0. The SMILES string of the molecule is Nc1ccccn1.[Au]. The molecule has 47 valence electrons. The summed E-state index contributed by atoms with van der Waals surface area (Å²) in [6.45, 7) is 0. The summed E-state index contributed by atoms with van der Waals surface area (Å²) in [5, 5.41) is 0. The van der Waals surface area contributed by atoms with Crippen LogP contribution in [0.5, 0.6) is 0 Å². The van der Waals surface area contributed by atoms with Gasteiger partial charge in [-0.1, -0.05) is 6.07 Å². The second kappa shape index (κ2) is 3.66. The van der Waals surface area contributed by atoms with Gasteiger partial charge >= 0.3 is 0 Å². The average molecular weight is 291 g/mol. The molecule has 0 fully saturated rings. The van der Waals surface area contributed by atoms with E-state index in [9.17, 15) is 0 Å². The molecule has 2 nitrogen and oxygen atoms in total. The summed E-state index contributed by atoms with van der Waals surface area (Å²) in [4.78, 5) is 3.76. The second-order valence-electron chi connectivity index (χ2n) is 1.25. The summed E-state index contributed by atoms with van der Waals surface area (Å²) in [6, 6.07) is 5.43. The van der Waals surface area contributed by atoms with Crippen LogP contribution in [-0.2, 0) is 22.4 Å². The Kier molecular flexibility index (Phi) is 3.52. The Hall–Kier alpha value is -0.310. The van der Waals surface area contributed by atoms with Crippen LogP contribution in [-0.4, -0.2) is 4.98 Å². The third kappa shape index (κ3) is 2.12. The van der Waals surface area contributed by atoms with Gasteiger partial charge in [-0.3, -0.25) is 0 Å². The number of nitrogens with two attached hydrogens (primary N) is 1. The van der Waals surface area contributed by atoms with Crippen LogP contribution in [0.3, 0.4) is 0 Å².